The third-order valence-electron chi connectivity index (χ3n) is 5.55. The van der Waals surface area contributed by atoms with Gasteiger partial charge in [0.15, 0.2) is 5.82 Å². The predicted octanol–water partition coefficient (Wildman–Crippen LogP) is 5.59. The van der Waals surface area contributed by atoms with E-state index in [1.54, 1.807) is 0 Å². The molecular weight excluding hydrogens is 382 g/mol. The molecule has 2 heterocycles. The Kier molecular flexibility index (Phi) is 5.84. The molecule has 0 N–H and O–H groups in total. The summed E-state index contributed by atoms with van der Waals surface area (Å²) in [6.07, 6.45) is 1.30. The molecule has 0 fully saturated rings. The highest BCUT2D eigenvalue weighted by atomic mass is 19.1. The SMILES string of the molecule is CCN(CC)c1ccc(-c2ccc(C3CCC(c4c(F)cccc4F)=N3)cc2)nn1. The lowest BCUT2D eigenvalue weighted by molar-refractivity contribution is 0.578. The number of halogens is 2. The Labute approximate surface area is 175 Å². The van der Waals surface area contributed by atoms with Crippen LogP contribution in [0.15, 0.2) is 59.6 Å². The molecule has 1 aromatic heterocycles. The standard InChI is InChI=1S/C24H24F2N4/c1-3-30(4-2)23-15-14-21(28-29-23)17-10-8-16(9-11-17)20-12-13-22(27-20)24-18(25)6-5-7-19(24)26/h5-11,14-15,20H,3-4,12-13H2,1-2H3. The van der Waals surface area contributed by atoms with E-state index in [2.05, 4.69) is 33.9 Å². The fourth-order valence-corrected chi connectivity index (χ4v) is 3.87. The second kappa shape index (κ2) is 8.69. The highest BCUT2D eigenvalue weighted by molar-refractivity contribution is 6.02. The number of hydrogen-bond donors (Lipinski definition) is 0. The molecule has 154 valence electrons. The van der Waals surface area contributed by atoms with Crippen LogP contribution in [0.5, 0.6) is 0 Å². The molecule has 1 unspecified atom stereocenters. The molecule has 0 saturated heterocycles. The number of benzene rings is 2. The van der Waals surface area contributed by atoms with Crippen LogP contribution >= 0.6 is 0 Å². The Morgan fingerprint density at radius 3 is 2.20 bits per heavy atom. The summed E-state index contributed by atoms with van der Waals surface area (Å²) < 4.78 is 28.1. The molecule has 2 aromatic carbocycles. The van der Waals surface area contributed by atoms with Crippen LogP contribution in [0.3, 0.4) is 0 Å². The molecule has 0 amide bonds. The maximum atomic E-state index is 14.1. The first kappa shape index (κ1) is 20.1. The highest BCUT2D eigenvalue weighted by Gasteiger charge is 2.24. The van der Waals surface area contributed by atoms with Gasteiger partial charge in [0.1, 0.15) is 11.6 Å². The molecule has 1 atom stereocenters. The average Bonchev–Trinajstić information content (AvgIpc) is 3.25. The Bertz CT molecular complexity index is 1020. The highest BCUT2D eigenvalue weighted by Crippen LogP contribution is 2.33. The lowest BCUT2D eigenvalue weighted by Crippen LogP contribution is -2.23. The van der Waals surface area contributed by atoms with E-state index in [1.807, 2.05) is 36.4 Å². The van der Waals surface area contributed by atoms with Crippen molar-refractivity contribution in [2.75, 3.05) is 18.0 Å². The lowest BCUT2D eigenvalue weighted by atomic mass is 10.0. The van der Waals surface area contributed by atoms with Gasteiger partial charge in [0.05, 0.1) is 17.3 Å². The molecule has 3 aromatic rings. The smallest absolute Gasteiger partial charge is 0.151 e. The van der Waals surface area contributed by atoms with Crippen LogP contribution < -0.4 is 4.90 Å². The van der Waals surface area contributed by atoms with Gasteiger partial charge in [-0.3, -0.25) is 4.99 Å². The minimum Gasteiger partial charge on any atom is -0.356 e. The summed E-state index contributed by atoms with van der Waals surface area (Å²) in [7, 11) is 0. The second-order valence-electron chi connectivity index (χ2n) is 7.30. The first-order valence-corrected chi connectivity index (χ1v) is 10.3. The van der Waals surface area contributed by atoms with Crippen molar-refractivity contribution in [3.05, 3.63) is 77.4 Å². The van der Waals surface area contributed by atoms with Crippen LogP contribution in [-0.2, 0) is 0 Å². The molecule has 1 aliphatic heterocycles. The summed E-state index contributed by atoms with van der Waals surface area (Å²) in [4.78, 5) is 6.75. The van der Waals surface area contributed by atoms with Gasteiger partial charge >= 0.3 is 0 Å². The van der Waals surface area contributed by atoms with Gasteiger partial charge in [0.2, 0.25) is 0 Å². The minimum atomic E-state index is -0.559. The van der Waals surface area contributed by atoms with Crippen molar-refractivity contribution in [3.63, 3.8) is 0 Å². The van der Waals surface area contributed by atoms with Gasteiger partial charge in [0, 0.05) is 24.4 Å². The number of hydrogen-bond acceptors (Lipinski definition) is 4. The molecule has 0 saturated carbocycles. The molecule has 0 aliphatic carbocycles. The summed E-state index contributed by atoms with van der Waals surface area (Å²) in [5, 5.41) is 8.70. The number of nitrogens with zero attached hydrogens (tertiary/aromatic N) is 4. The summed E-state index contributed by atoms with van der Waals surface area (Å²) in [5.74, 6) is -0.249. The van der Waals surface area contributed by atoms with E-state index in [-0.39, 0.29) is 11.6 Å². The van der Waals surface area contributed by atoms with E-state index in [4.69, 9.17) is 0 Å². The maximum Gasteiger partial charge on any atom is 0.151 e. The molecular formula is C24H24F2N4. The molecule has 30 heavy (non-hydrogen) atoms. The largest absolute Gasteiger partial charge is 0.356 e. The third kappa shape index (κ3) is 3.95. The van der Waals surface area contributed by atoms with E-state index in [1.165, 1.54) is 18.2 Å². The Balaban J connectivity index is 1.52. The Morgan fingerprint density at radius 1 is 0.900 bits per heavy atom. The number of rotatable bonds is 6. The summed E-state index contributed by atoms with van der Waals surface area (Å²) in [6.45, 7) is 5.96. The molecule has 6 heteroatoms. The fraction of sp³-hybridized carbons (Fsp3) is 0.292. The van der Waals surface area contributed by atoms with Gasteiger partial charge in [-0.2, -0.15) is 0 Å². The predicted molar refractivity (Wildman–Crippen MR) is 116 cm³/mol. The zero-order valence-corrected chi connectivity index (χ0v) is 17.1. The molecule has 0 radical (unpaired) electrons. The first-order chi connectivity index (χ1) is 14.6. The summed E-state index contributed by atoms with van der Waals surface area (Å²) in [5.41, 5.74) is 3.30. The van der Waals surface area contributed by atoms with E-state index in [9.17, 15) is 8.78 Å². The topological polar surface area (TPSA) is 41.4 Å². The van der Waals surface area contributed by atoms with Crippen LogP contribution in [0.4, 0.5) is 14.6 Å². The zero-order valence-electron chi connectivity index (χ0n) is 17.1. The summed E-state index contributed by atoms with van der Waals surface area (Å²) >= 11 is 0. The van der Waals surface area contributed by atoms with E-state index in [0.29, 0.717) is 12.1 Å². The normalized spacial score (nSPS) is 15.9. The van der Waals surface area contributed by atoms with Gasteiger partial charge in [-0.05, 0) is 56.5 Å². The van der Waals surface area contributed by atoms with E-state index < -0.39 is 11.6 Å². The number of aliphatic imine (C=N–C) groups is 1. The quantitative estimate of drug-likeness (QED) is 0.536. The van der Waals surface area contributed by atoms with Gasteiger partial charge in [0.25, 0.3) is 0 Å². The van der Waals surface area contributed by atoms with Crippen LogP contribution in [0.25, 0.3) is 11.3 Å². The van der Waals surface area contributed by atoms with E-state index >= 15 is 0 Å². The van der Waals surface area contributed by atoms with Crippen molar-refractivity contribution in [2.24, 2.45) is 4.99 Å². The monoisotopic (exact) mass is 406 g/mol. The van der Waals surface area contributed by atoms with Crippen molar-refractivity contribution < 1.29 is 8.78 Å². The van der Waals surface area contributed by atoms with Crippen LogP contribution in [0.2, 0.25) is 0 Å². The minimum absolute atomic E-state index is 0.000173. The van der Waals surface area contributed by atoms with Crippen molar-refractivity contribution in [3.8, 4) is 11.3 Å². The maximum absolute atomic E-state index is 14.1. The molecule has 4 rings (SSSR count). The Hall–Kier alpha value is -3.15. The molecule has 1 aliphatic rings. The van der Waals surface area contributed by atoms with Crippen LogP contribution in [0.1, 0.15) is 43.9 Å². The Morgan fingerprint density at radius 2 is 1.60 bits per heavy atom. The molecule has 0 spiro atoms. The van der Waals surface area contributed by atoms with Crippen molar-refractivity contribution in [1.29, 1.82) is 0 Å². The molecule has 4 nitrogen and oxygen atoms in total. The van der Waals surface area contributed by atoms with Crippen molar-refractivity contribution in [1.82, 2.24) is 10.2 Å². The van der Waals surface area contributed by atoms with Crippen molar-refractivity contribution >= 4 is 11.5 Å². The fourth-order valence-electron chi connectivity index (χ4n) is 3.87. The number of aromatic nitrogens is 2. The number of anilines is 1. The third-order valence-corrected chi connectivity index (χ3v) is 5.55. The van der Waals surface area contributed by atoms with E-state index in [0.717, 1.165) is 42.1 Å². The van der Waals surface area contributed by atoms with Crippen molar-refractivity contribution in [2.45, 2.75) is 32.7 Å². The zero-order chi connectivity index (χ0) is 21.1. The van der Waals surface area contributed by atoms with Gasteiger partial charge in [-0.25, -0.2) is 8.78 Å². The van der Waals surface area contributed by atoms with Gasteiger partial charge in [-0.1, -0.05) is 30.3 Å². The second-order valence-corrected chi connectivity index (χ2v) is 7.30. The summed E-state index contributed by atoms with van der Waals surface area (Å²) in [6, 6.07) is 15.8. The van der Waals surface area contributed by atoms with Crippen LogP contribution in [-0.4, -0.2) is 29.0 Å². The average molecular weight is 406 g/mol. The van der Waals surface area contributed by atoms with Crippen LogP contribution in [0, 0.1) is 11.6 Å². The molecule has 0 bridgehead atoms. The lowest BCUT2D eigenvalue weighted by Gasteiger charge is -2.18. The van der Waals surface area contributed by atoms with Gasteiger partial charge in [-0.15, -0.1) is 10.2 Å². The first-order valence-electron chi connectivity index (χ1n) is 10.3. The van der Waals surface area contributed by atoms with Gasteiger partial charge < -0.3 is 4.90 Å².